The Morgan fingerprint density at radius 3 is 2.38 bits per heavy atom. The molecular formula is C14H28BrN. The minimum Gasteiger partial charge on any atom is -0.302 e. The highest BCUT2D eigenvalue weighted by atomic mass is 79.9. The summed E-state index contributed by atoms with van der Waals surface area (Å²) in [6.45, 7) is 15.7. The van der Waals surface area contributed by atoms with Gasteiger partial charge in [-0.05, 0) is 36.1 Å². The number of halogens is 1. The normalized spacial score (nSPS) is 24.4. The molecule has 0 aromatic heterocycles. The van der Waals surface area contributed by atoms with E-state index in [1.165, 1.54) is 32.5 Å². The highest BCUT2D eigenvalue weighted by Gasteiger charge is 2.30. The Balaban J connectivity index is 2.52. The molecule has 1 aliphatic heterocycles. The van der Waals surface area contributed by atoms with Crippen LogP contribution in [-0.2, 0) is 0 Å². The van der Waals surface area contributed by atoms with Gasteiger partial charge in [-0.3, -0.25) is 0 Å². The predicted octanol–water partition coefficient (Wildman–Crippen LogP) is 4.17. The zero-order valence-corrected chi connectivity index (χ0v) is 13.2. The number of piperidine rings is 1. The Bertz CT molecular complexity index is 217. The first-order chi connectivity index (χ1) is 7.24. The summed E-state index contributed by atoms with van der Waals surface area (Å²) in [5, 5.41) is 1.12. The van der Waals surface area contributed by atoms with Crippen molar-refractivity contribution < 1.29 is 0 Å². The number of rotatable bonds is 3. The van der Waals surface area contributed by atoms with Gasteiger partial charge in [0.15, 0.2) is 0 Å². The maximum atomic E-state index is 3.68. The molecule has 0 bridgehead atoms. The first-order valence-electron chi connectivity index (χ1n) is 6.53. The summed E-state index contributed by atoms with van der Waals surface area (Å²) in [6.07, 6.45) is 2.75. The molecule has 0 aliphatic carbocycles. The molecule has 0 spiro atoms. The molecule has 0 aromatic carbocycles. The molecule has 96 valence electrons. The van der Waals surface area contributed by atoms with E-state index in [4.69, 9.17) is 0 Å². The van der Waals surface area contributed by atoms with Gasteiger partial charge in [-0.25, -0.2) is 0 Å². The SMILES string of the molecule is CC1(C)CCCN(CC(CBr)C(C)(C)C)C1. The molecule has 1 nitrogen and oxygen atoms in total. The Labute approximate surface area is 110 Å². The van der Waals surface area contributed by atoms with Crippen molar-refractivity contribution >= 4 is 15.9 Å². The van der Waals surface area contributed by atoms with Gasteiger partial charge in [-0.15, -0.1) is 0 Å². The second-order valence-corrected chi connectivity index (χ2v) is 7.87. The molecule has 0 saturated carbocycles. The highest BCUT2D eigenvalue weighted by Crippen LogP contribution is 2.32. The van der Waals surface area contributed by atoms with E-state index in [0.717, 1.165) is 11.2 Å². The fourth-order valence-corrected chi connectivity index (χ4v) is 3.74. The maximum Gasteiger partial charge on any atom is 0.00768 e. The number of hydrogen-bond donors (Lipinski definition) is 0. The molecule has 1 fully saturated rings. The zero-order valence-electron chi connectivity index (χ0n) is 11.6. The topological polar surface area (TPSA) is 3.24 Å². The van der Waals surface area contributed by atoms with E-state index in [1.54, 1.807) is 0 Å². The van der Waals surface area contributed by atoms with Gasteiger partial charge >= 0.3 is 0 Å². The van der Waals surface area contributed by atoms with Crippen LogP contribution in [0.5, 0.6) is 0 Å². The van der Waals surface area contributed by atoms with Crippen LogP contribution in [0.15, 0.2) is 0 Å². The van der Waals surface area contributed by atoms with Crippen molar-refractivity contribution in [3.63, 3.8) is 0 Å². The van der Waals surface area contributed by atoms with Crippen molar-refractivity contribution in [3.8, 4) is 0 Å². The van der Waals surface area contributed by atoms with Crippen LogP contribution in [0.3, 0.4) is 0 Å². The smallest absolute Gasteiger partial charge is 0.00768 e. The molecule has 0 amide bonds. The van der Waals surface area contributed by atoms with Crippen LogP contribution < -0.4 is 0 Å². The molecule has 1 aliphatic rings. The Morgan fingerprint density at radius 1 is 1.31 bits per heavy atom. The number of nitrogens with zero attached hydrogens (tertiary/aromatic N) is 1. The monoisotopic (exact) mass is 289 g/mol. The van der Waals surface area contributed by atoms with Gasteiger partial charge in [0.2, 0.25) is 0 Å². The summed E-state index contributed by atoms with van der Waals surface area (Å²) < 4.78 is 0. The lowest BCUT2D eigenvalue weighted by molar-refractivity contribution is 0.0823. The number of hydrogen-bond acceptors (Lipinski definition) is 1. The minimum absolute atomic E-state index is 0.408. The van der Waals surface area contributed by atoms with E-state index in [-0.39, 0.29) is 0 Å². The van der Waals surface area contributed by atoms with E-state index in [0.29, 0.717) is 10.8 Å². The first-order valence-corrected chi connectivity index (χ1v) is 7.65. The molecule has 1 heterocycles. The molecule has 1 atom stereocenters. The van der Waals surface area contributed by atoms with Crippen LogP contribution in [0, 0.1) is 16.7 Å². The second-order valence-electron chi connectivity index (χ2n) is 7.22. The molecule has 0 aromatic rings. The van der Waals surface area contributed by atoms with Gasteiger partial charge in [-0.2, -0.15) is 0 Å². The quantitative estimate of drug-likeness (QED) is 0.705. The van der Waals surface area contributed by atoms with E-state index < -0.39 is 0 Å². The van der Waals surface area contributed by atoms with Crippen LogP contribution in [0.1, 0.15) is 47.5 Å². The zero-order chi connectivity index (χ0) is 12.4. The summed E-state index contributed by atoms with van der Waals surface area (Å²) in [4.78, 5) is 2.67. The Kier molecular flexibility index (Phi) is 4.88. The van der Waals surface area contributed by atoms with Gasteiger partial charge < -0.3 is 4.90 Å². The Hall–Kier alpha value is 0.440. The largest absolute Gasteiger partial charge is 0.302 e. The fourth-order valence-electron chi connectivity index (χ4n) is 2.57. The van der Waals surface area contributed by atoms with Crippen molar-refractivity contribution in [2.24, 2.45) is 16.7 Å². The standard InChI is InChI=1S/C14H28BrN/c1-13(2,3)12(9-15)10-16-8-6-7-14(4,5)11-16/h12H,6-11H2,1-5H3. The summed E-state index contributed by atoms with van der Waals surface area (Å²) in [7, 11) is 0. The molecular weight excluding hydrogens is 262 g/mol. The van der Waals surface area contributed by atoms with E-state index in [2.05, 4.69) is 55.4 Å². The highest BCUT2D eigenvalue weighted by molar-refractivity contribution is 9.09. The number of likely N-dealkylation sites (tertiary alicyclic amines) is 1. The van der Waals surface area contributed by atoms with E-state index in [9.17, 15) is 0 Å². The third-order valence-corrected chi connectivity index (χ3v) is 4.65. The summed E-state index contributed by atoms with van der Waals surface area (Å²) in [5.41, 5.74) is 0.929. The maximum absolute atomic E-state index is 3.68. The van der Waals surface area contributed by atoms with Crippen LogP contribution in [0.4, 0.5) is 0 Å². The molecule has 1 rings (SSSR count). The molecule has 2 heteroatoms. The first kappa shape index (κ1) is 14.5. The van der Waals surface area contributed by atoms with Crippen molar-refractivity contribution in [3.05, 3.63) is 0 Å². The van der Waals surface area contributed by atoms with Crippen LogP contribution >= 0.6 is 15.9 Å². The molecule has 1 saturated heterocycles. The predicted molar refractivity (Wildman–Crippen MR) is 76.2 cm³/mol. The van der Waals surface area contributed by atoms with Gasteiger partial charge in [0, 0.05) is 18.4 Å². The number of alkyl halides is 1. The lowest BCUT2D eigenvalue weighted by Gasteiger charge is -2.41. The summed E-state index contributed by atoms with van der Waals surface area (Å²) in [5.74, 6) is 0.751. The third-order valence-electron chi connectivity index (χ3n) is 3.87. The fraction of sp³-hybridized carbons (Fsp3) is 1.00. The second kappa shape index (κ2) is 5.39. The molecule has 0 N–H and O–H groups in total. The Morgan fingerprint density at radius 2 is 1.94 bits per heavy atom. The van der Waals surface area contributed by atoms with Crippen LogP contribution in [0.25, 0.3) is 0 Å². The van der Waals surface area contributed by atoms with Crippen molar-refractivity contribution in [1.29, 1.82) is 0 Å². The van der Waals surface area contributed by atoms with Crippen molar-refractivity contribution in [1.82, 2.24) is 4.90 Å². The summed E-state index contributed by atoms with van der Waals surface area (Å²) >= 11 is 3.68. The minimum atomic E-state index is 0.408. The van der Waals surface area contributed by atoms with Crippen molar-refractivity contribution in [2.45, 2.75) is 47.5 Å². The van der Waals surface area contributed by atoms with Gasteiger partial charge in [-0.1, -0.05) is 50.5 Å². The van der Waals surface area contributed by atoms with Crippen LogP contribution in [-0.4, -0.2) is 29.9 Å². The van der Waals surface area contributed by atoms with Crippen molar-refractivity contribution in [2.75, 3.05) is 25.0 Å². The lowest BCUT2D eigenvalue weighted by atomic mass is 9.79. The third kappa shape index (κ3) is 4.37. The average molecular weight is 290 g/mol. The lowest BCUT2D eigenvalue weighted by Crippen LogP contribution is -2.44. The van der Waals surface area contributed by atoms with E-state index in [1.807, 2.05) is 0 Å². The van der Waals surface area contributed by atoms with Gasteiger partial charge in [0.05, 0.1) is 0 Å². The average Bonchev–Trinajstić information content (AvgIpc) is 2.10. The van der Waals surface area contributed by atoms with Gasteiger partial charge in [0.25, 0.3) is 0 Å². The molecule has 1 unspecified atom stereocenters. The van der Waals surface area contributed by atoms with Crippen LogP contribution in [0.2, 0.25) is 0 Å². The summed E-state index contributed by atoms with van der Waals surface area (Å²) in [6, 6.07) is 0. The molecule has 0 radical (unpaired) electrons. The van der Waals surface area contributed by atoms with Gasteiger partial charge in [0.1, 0.15) is 0 Å². The van der Waals surface area contributed by atoms with E-state index >= 15 is 0 Å². The molecule has 16 heavy (non-hydrogen) atoms.